The molecule has 0 aromatic heterocycles. The zero-order valence-corrected chi connectivity index (χ0v) is 9.54. The van der Waals surface area contributed by atoms with E-state index in [9.17, 15) is 0 Å². The third kappa shape index (κ3) is 2.50. The van der Waals surface area contributed by atoms with E-state index in [1.165, 1.54) is 32.1 Å². The van der Waals surface area contributed by atoms with Crippen molar-refractivity contribution in [2.45, 2.75) is 66.7 Å². The van der Waals surface area contributed by atoms with E-state index in [1.54, 1.807) is 5.92 Å². The second-order valence-corrected chi connectivity index (χ2v) is 3.87. The van der Waals surface area contributed by atoms with Crippen molar-refractivity contribution in [1.29, 1.82) is 0 Å². The van der Waals surface area contributed by atoms with Gasteiger partial charge in [-0.05, 0) is 37.0 Å². The van der Waals surface area contributed by atoms with Gasteiger partial charge < -0.3 is 0 Å². The fraction of sp³-hybridized carbons (Fsp3) is 0.917. The highest BCUT2D eigenvalue weighted by Crippen LogP contribution is 2.42. The van der Waals surface area contributed by atoms with Crippen molar-refractivity contribution in [1.82, 2.24) is 0 Å². The maximum Gasteiger partial charge on any atom is -0.0211 e. The Balaban J connectivity index is 4.24. The highest BCUT2D eigenvalue weighted by atomic mass is 14.3. The van der Waals surface area contributed by atoms with Gasteiger partial charge in [-0.3, -0.25) is 0 Å². The average Bonchev–Trinajstić information content (AvgIpc) is 2.09. The van der Waals surface area contributed by atoms with Crippen LogP contribution in [0, 0.1) is 11.3 Å². The lowest BCUT2D eigenvalue weighted by molar-refractivity contribution is 0.257. The standard InChI is InChI=1S/C12H25/c1-6-10-11(5)12(7-2,8-3)9-4/h6-10H2,1-5H3. The minimum absolute atomic E-state index is 0.552. The first kappa shape index (κ1) is 12.0. The van der Waals surface area contributed by atoms with Crippen LogP contribution in [0.4, 0.5) is 0 Å². The predicted octanol–water partition coefficient (Wildman–Crippen LogP) is 4.60. The predicted molar refractivity (Wildman–Crippen MR) is 57.1 cm³/mol. The fourth-order valence-electron chi connectivity index (χ4n) is 2.30. The molecule has 0 aliphatic rings. The van der Waals surface area contributed by atoms with Crippen LogP contribution in [0.25, 0.3) is 0 Å². The zero-order valence-electron chi connectivity index (χ0n) is 9.54. The Hall–Kier alpha value is 0. The van der Waals surface area contributed by atoms with Gasteiger partial charge in [-0.25, -0.2) is 0 Å². The molecular weight excluding hydrogens is 144 g/mol. The Morgan fingerprint density at radius 3 is 1.58 bits per heavy atom. The summed E-state index contributed by atoms with van der Waals surface area (Å²) in [5, 5.41) is 0. The van der Waals surface area contributed by atoms with Crippen LogP contribution in [0.5, 0.6) is 0 Å². The molecule has 0 aromatic carbocycles. The quantitative estimate of drug-likeness (QED) is 0.545. The van der Waals surface area contributed by atoms with Crippen molar-refractivity contribution in [3.8, 4) is 0 Å². The highest BCUT2D eigenvalue weighted by Gasteiger charge is 2.30. The minimum Gasteiger partial charge on any atom is -0.0654 e. The van der Waals surface area contributed by atoms with Crippen molar-refractivity contribution in [3.05, 3.63) is 5.92 Å². The Labute approximate surface area is 78.8 Å². The molecule has 73 valence electrons. The first-order valence-corrected chi connectivity index (χ1v) is 5.49. The smallest absolute Gasteiger partial charge is 0.0211 e. The molecule has 0 saturated heterocycles. The molecule has 0 aliphatic carbocycles. The SMILES string of the molecule is CCC[C](C)C(CC)(CC)CC. The summed E-state index contributed by atoms with van der Waals surface area (Å²) in [5.74, 6) is 1.72. The Bertz CT molecular complexity index is 92.3. The molecule has 0 nitrogen and oxygen atoms in total. The largest absolute Gasteiger partial charge is 0.0654 e. The average molecular weight is 169 g/mol. The Morgan fingerprint density at radius 2 is 1.33 bits per heavy atom. The van der Waals surface area contributed by atoms with E-state index < -0.39 is 0 Å². The van der Waals surface area contributed by atoms with Crippen molar-refractivity contribution in [2.24, 2.45) is 5.41 Å². The summed E-state index contributed by atoms with van der Waals surface area (Å²) >= 11 is 0. The van der Waals surface area contributed by atoms with Crippen LogP contribution in [-0.2, 0) is 0 Å². The van der Waals surface area contributed by atoms with Crippen LogP contribution in [0.1, 0.15) is 66.7 Å². The molecule has 0 fully saturated rings. The topological polar surface area (TPSA) is 0 Å². The summed E-state index contributed by atoms with van der Waals surface area (Å²) in [4.78, 5) is 0. The molecule has 0 amide bonds. The summed E-state index contributed by atoms with van der Waals surface area (Å²) in [5.41, 5.74) is 0.552. The minimum atomic E-state index is 0.552. The molecule has 0 unspecified atom stereocenters. The first-order valence-electron chi connectivity index (χ1n) is 5.49. The molecule has 12 heavy (non-hydrogen) atoms. The molecular formula is C12H25. The molecule has 0 bridgehead atoms. The lowest BCUT2D eigenvalue weighted by Crippen LogP contribution is -2.25. The van der Waals surface area contributed by atoms with E-state index in [-0.39, 0.29) is 0 Å². The van der Waals surface area contributed by atoms with Crippen molar-refractivity contribution < 1.29 is 0 Å². The second-order valence-electron chi connectivity index (χ2n) is 3.87. The number of hydrogen-bond acceptors (Lipinski definition) is 0. The second kappa shape index (κ2) is 5.61. The van der Waals surface area contributed by atoms with Crippen LogP contribution in [-0.4, -0.2) is 0 Å². The van der Waals surface area contributed by atoms with Crippen molar-refractivity contribution in [2.75, 3.05) is 0 Å². The molecule has 0 heterocycles. The van der Waals surface area contributed by atoms with Crippen LogP contribution in [0.3, 0.4) is 0 Å². The summed E-state index contributed by atoms with van der Waals surface area (Å²) < 4.78 is 0. The number of rotatable bonds is 6. The molecule has 0 N–H and O–H groups in total. The Morgan fingerprint density at radius 1 is 0.917 bits per heavy atom. The maximum atomic E-state index is 2.35. The molecule has 1 radical (unpaired) electrons. The van der Waals surface area contributed by atoms with E-state index in [0.717, 1.165) is 0 Å². The fourth-order valence-corrected chi connectivity index (χ4v) is 2.30. The highest BCUT2D eigenvalue weighted by molar-refractivity contribution is 5.01. The van der Waals surface area contributed by atoms with Gasteiger partial charge in [-0.1, -0.05) is 41.0 Å². The molecule has 0 heteroatoms. The van der Waals surface area contributed by atoms with Gasteiger partial charge in [0.25, 0.3) is 0 Å². The van der Waals surface area contributed by atoms with Gasteiger partial charge in [0.1, 0.15) is 0 Å². The third-order valence-electron chi connectivity index (χ3n) is 3.56. The van der Waals surface area contributed by atoms with Gasteiger partial charge in [-0.15, -0.1) is 0 Å². The number of hydrogen-bond donors (Lipinski definition) is 0. The first-order chi connectivity index (χ1) is 5.66. The summed E-state index contributed by atoms with van der Waals surface area (Å²) in [6.45, 7) is 11.6. The molecule has 0 atom stereocenters. The van der Waals surface area contributed by atoms with Crippen molar-refractivity contribution in [3.63, 3.8) is 0 Å². The molecule has 0 saturated carbocycles. The summed E-state index contributed by atoms with van der Waals surface area (Å²) in [7, 11) is 0. The van der Waals surface area contributed by atoms with Crippen LogP contribution in [0.15, 0.2) is 0 Å². The molecule has 0 aliphatic heterocycles. The Kier molecular flexibility index (Phi) is 5.61. The van der Waals surface area contributed by atoms with Gasteiger partial charge in [0.2, 0.25) is 0 Å². The monoisotopic (exact) mass is 169 g/mol. The molecule has 0 spiro atoms. The van der Waals surface area contributed by atoms with E-state index in [2.05, 4.69) is 34.6 Å². The van der Waals surface area contributed by atoms with Gasteiger partial charge >= 0.3 is 0 Å². The van der Waals surface area contributed by atoms with E-state index >= 15 is 0 Å². The van der Waals surface area contributed by atoms with Crippen LogP contribution < -0.4 is 0 Å². The summed E-state index contributed by atoms with van der Waals surface area (Å²) in [6, 6.07) is 0. The van der Waals surface area contributed by atoms with Crippen LogP contribution >= 0.6 is 0 Å². The van der Waals surface area contributed by atoms with Gasteiger partial charge in [0.15, 0.2) is 0 Å². The van der Waals surface area contributed by atoms with E-state index in [1.807, 2.05) is 0 Å². The lowest BCUT2D eigenvalue weighted by Gasteiger charge is -2.36. The van der Waals surface area contributed by atoms with Crippen molar-refractivity contribution >= 4 is 0 Å². The van der Waals surface area contributed by atoms with Crippen LogP contribution in [0.2, 0.25) is 0 Å². The van der Waals surface area contributed by atoms with E-state index in [0.29, 0.717) is 5.41 Å². The summed E-state index contributed by atoms with van der Waals surface area (Å²) in [6.07, 6.45) is 6.55. The maximum absolute atomic E-state index is 2.35. The van der Waals surface area contributed by atoms with E-state index in [4.69, 9.17) is 0 Å². The lowest BCUT2D eigenvalue weighted by atomic mass is 9.69. The van der Waals surface area contributed by atoms with Gasteiger partial charge in [0.05, 0.1) is 0 Å². The molecule has 0 aromatic rings. The molecule has 0 rings (SSSR count). The normalized spacial score (nSPS) is 12.5. The third-order valence-corrected chi connectivity index (χ3v) is 3.56. The van der Waals surface area contributed by atoms with Gasteiger partial charge in [-0.2, -0.15) is 0 Å². The zero-order chi connectivity index (χ0) is 9.61. The van der Waals surface area contributed by atoms with Gasteiger partial charge in [0, 0.05) is 0 Å².